The van der Waals surface area contributed by atoms with Crippen LogP contribution in [0.15, 0.2) is 121 Å². The molecular weight excluding hydrogens is 602 g/mol. The lowest BCUT2D eigenvalue weighted by Crippen LogP contribution is -2.42. The second-order valence-electron chi connectivity index (χ2n) is 12.4. The van der Waals surface area contributed by atoms with E-state index in [1.54, 1.807) is 20.5 Å². The molecule has 2 amide bonds. The Hall–Kier alpha value is -5.38. The second-order valence-corrected chi connectivity index (χ2v) is 12.4. The summed E-state index contributed by atoms with van der Waals surface area (Å²) in [5.74, 6) is -1.33. The van der Waals surface area contributed by atoms with Crippen molar-refractivity contribution in [3.63, 3.8) is 0 Å². The number of aliphatic hydroxyl groups excluding tert-OH is 1. The lowest BCUT2D eigenvalue weighted by molar-refractivity contribution is -0.138. The lowest BCUT2D eigenvalue weighted by atomic mass is 9.82. The van der Waals surface area contributed by atoms with Crippen LogP contribution in [0.2, 0.25) is 0 Å². The van der Waals surface area contributed by atoms with E-state index in [4.69, 9.17) is 0 Å². The maximum atomic E-state index is 14.3. The van der Waals surface area contributed by atoms with Gasteiger partial charge in [-0.05, 0) is 60.4 Å². The van der Waals surface area contributed by atoms with Crippen LogP contribution < -0.4 is 9.80 Å². The van der Waals surface area contributed by atoms with Crippen molar-refractivity contribution in [2.45, 2.75) is 44.2 Å². The van der Waals surface area contributed by atoms with Crippen molar-refractivity contribution in [3.8, 4) is 0 Å². The minimum Gasteiger partial charge on any atom is -0.395 e. The van der Waals surface area contributed by atoms with E-state index in [1.165, 1.54) is 0 Å². The molecule has 1 aromatic heterocycles. The fourth-order valence-corrected chi connectivity index (χ4v) is 6.83. The fourth-order valence-electron chi connectivity index (χ4n) is 6.83. The van der Waals surface area contributed by atoms with Gasteiger partial charge in [-0.25, -0.2) is 0 Å². The highest BCUT2D eigenvalue weighted by molar-refractivity contribution is 6.13. The van der Waals surface area contributed by atoms with E-state index in [9.17, 15) is 19.8 Å². The summed E-state index contributed by atoms with van der Waals surface area (Å²) in [6, 6.07) is 32.3. The predicted molar refractivity (Wildman–Crippen MR) is 184 cm³/mol. The molecule has 2 aliphatic rings. The van der Waals surface area contributed by atoms with Gasteiger partial charge in [-0.2, -0.15) is 0 Å². The molecule has 0 aliphatic carbocycles. The van der Waals surface area contributed by atoms with Crippen molar-refractivity contribution < 1.29 is 19.8 Å². The maximum Gasteiger partial charge on any atom is 0.268 e. The number of benzene rings is 4. The van der Waals surface area contributed by atoms with Crippen molar-refractivity contribution >= 4 is 34.6 Å². The molecule has 0 bridgehead atoms. The Kier molecular flexibility index (Phi) is 8.47. The van der Waals surface area contributed by atoms with Crippen molar-refractivity contribution in [1.82, 2.24) is 15.0 Å². The first-order valence-corrected chi connectivity index (χ1v) is 16.3. The van der Waals surface area contributed by atoms with E-state index in [1.807, 2.05) is 122 Å². The van der Waals surface area contributed by atoms with Crippen molar-refractivity contribution in [2.75, 3.05) is 16.4 Å². The zero-order valence-electron chi connectivity index (χ0n) is 26.7. The molecule has 5 aromatic rings. The molecule has 0 saturated heterocycles. The van der Waals surface area contributed by atoms with E-state index < -0.39 is 17.4 Å². The first-order chi connectivity index (χ1) is 23.4. The quantitative estimate of drug-likeness (QED) is 0.177. The highest BCUT2D eigenvalue weighted by atomic mass is 16.3. The molecular formula is C39H37N5O4. The van der Waals surface area contributed by atoms with Gasteiger partial charge >= 0.3 is 0 Å². The van der Waals surface area contributed by atoms with Gasteiger partial charge in [0, 0.05) is 42.0 Å². The maximum absolute atomic E-state index is 14.3. The molecule has 0 fully saturated rings. The van der Waals surface area contributed by atoms with Gasteiger partial charge in [0.15, 0.2) is 5.60 Å². The van der Waals surface area contributed by atoms with Gasteiger partial charge in [0.2, 0.25) is 5.91 Å². The number of carbonyl (C=O) groups excluding carboxylic acids is 2. The van der Waals surface area contributed by atoms with Gasteiger partial charge < -0.3 is 10.2 Å². The van der Waals surface area contributed by atoms with Crippen molar-refractivity contribution in [2.24, 2.45) is 5.92 Å². The van der Waals surface area contributed by atoms with Gasteiger partial charge in [-0.15, -0.1) is 5.10 Å². The number of carbonyl (C=O) groups is 2. The average Bonchev–Trinajstić information content (AvgIpc) is 3.68. The second kappa shape index (κ2) is 13.0. The summed E-state index contributed by atoms with van der Waals surface area (Å²) >= 11 is 0. The first kappa shape index (κ1) is 31.2. The molecule has 2 aliphatic heterocycles. The molecule has 9 nitrogen and oxygen atoms in total. The van der Waals surface area contributed by atoms with Crippen LogP contribution >= 0.6 is 0 Å². The number of aliphatic hydroxyl groups is 2. The molecule has 242 valence electrons. The number of hydrogen-bond donors (Lipinski definition) is 2. The Labute approximate surface area is 279 Å². The Morgan fingerprint density at radius 3 is 2.35 bits per heavy atom. The first-order valence-electron chi connectivity index (χ1n) is 16.3. The predicted octanol–water partition coefficient (Wildman–Crippen LogP) is 6.16. The summed E-state index contributed by atoms with van der Waals surface area (Å²) in [5.41, 5.74) is 4.00. The van der Waals surface area contributed by atoms with Crippen LogP contribution in [0.25, 0.3) is 0 Å². The smallest absolute Gasteiger partial charge is 0.268 e. The minimum absolute atomic E-state index is 0.0280. The Morgan fingerprint density at radius 1 is 0.854 bits per heavy atom. The van der Waals surface area contributed by atoms with Crippen molar-refractivity contribution in [1.29, 1.82) is 0 Å². The van der Waals surface area contributed by atoms with E-state index in [0.29, 0.717) is 54.1 Å². The summed E-state index contributed by atoms with van der Waals surface area (Å²) in [7, 11) is 0. The van der Waals surface area contributed by atoms with Gasteiger partial charge in [0.05, 0.1) is 29.6 Å². The number of aromatic nitrogens is 3. The van der Waals surface area contributed by atoms with Gasteiger partial charge in [-0.3, -0.25) is 24.1 Å². The minimum atomic E-state index is -1.87. The van der Waals surface area contributed by atoms with Gasteiger partial charge in [0.25, 0.3) is 5.91 Å². The molecule has 48 heavy (non-hydrogen) atoms. The molecule has 0 saturated carbocycles. The third-order valence-corrected chi connectivity index (χ3v) is 9.43. The molecule has 1 unspecified atom stereocenters. The highest BCUT2D eigenvalue weighted by Gasteiger charge is 2.53. The SMILES string of the molecule is C[C@H](/C=C/CCn1cc(C(CO)c2ccccc2)nn1)[C@@]1(O)C(=O)N(c2ccccc2)c2ccc(N3C(=O)CCc4ccccc43)cc21. The topological polar surface area (TPSA) is 112 Å². The standard InChI is InChI=1S/C39H37N5O4/c1-27(12-10-11-23-42-25-34(40-41-42)32(26-45)28-13-4-2-5-14-28)39(48)33-24-31(43-35-18-9-8-15-29(35)19-22-37(43)46)20-21-36(33)44(38(39)47)30-16-6-3-7-17-30/h2-10,12-18,20-21,24-25,27,32,45,48H,11,19,22-23,26H2,1H3/b12-10+/t27-,32?,39+/m1/s1. The summed E-state index contributed by atoms with van der Waals surface area (Å²) in [4.78, 5) is 30.8. The number of aryl methyl sites for hydroxylation is 2. The van der Waals surface area contributed by atoms with Gasteiger partial charge in [-0.1, -0.05) is 91.0 Å². The number of nitrogens with zero attached hydrogens (tertiary/aromatic N) is 5. The molecule has 0 spiro atoms. The van der Waals surface area contributed by atoms with Crippen LogP contribution in [-0.4, -0.2) is 43.6 Å². The molecule has 3 atom stereocenters. The number of hydrogen-bond acceptors (Lipinski definition) is 6. The van der Waals surface area contributed by atoms with Crippen LogP contribution in [0.3, 0.4) is 0 Å². The van der Waals surface area contributed by atoms with E-state index in [2.05, 4.69) is 10.3 Å². The van der Waals surface area contributed by atoms with E-state index in [-0.39, 0.29) is 18.4 Å². The number of rotatable bonds is 10. The largest absolute Gasteiger partial charge is 0.395 e. The van der Waals surface area contributed by atoms with Crippen LogP contribution in [0, 0.1) is 5.92 Å². The number of amides is 2. The third-order valence-electron chi connectivity index (χ3n) is 9.43. The van der Waals surface area contributed by atoms with Crippen LogP contribution in [0.4, 0.5) is 22.7 Å². The summed E-state index contributed by atoms with van der Waals surface area (Å²) in [5, 5.41) is 31.0. The monoisotopic (exact) mass is 639 g/mol. The molecule has 4 aromatic carbocycles. The van der Waals surface area contributed by atoms with Crippen LogP contribution in [-0.2, 0) is 28.2 Å². The highest BCUT2D eigenvalue weighted by Crippen LogP contribution is 2.50. The molecule has 2 N–H and O–H groups in total. The summed E-state index contributed by atoms with van der Waals surface area (Å²) in [6.07, 6.45) is 7.29. The summed E-state index contributed by atoms with van der Waals surface area (Å²) < 4.78 is 1.73. The Balaban J connectivity index is 1.16. The van der Waals surface area contributed by atoms with Crippen LogP contribution in [0.5, 0.6) is 0 Å². The number of anilines is 4. The Bertz CT molecular complexity index is 1970. The number of allylic oxidation sites excluding steroid dienone is 1. The zero-order valence-corrected chi connectivity index (χ0v) is 26.7. The van der Waals surface area contributed by atoms with E-state index >= 15 is 0 Å². The van der Waals surface area contributed by atoms with Gasteiger partial charge in [0.1, 0.15) is 0 Å². The zero-order chi connectivity index (χ0) is 33.3. The van der Waals surface area contributed by atoms with E-state index in [0.717, 1.165) is 16.8 Å². The third kappa shape index (κ3) is 5.51. The number of fused-ring (bicyclic) bond motifs is 2. The number of para-hydroxylation sites is 2. The normalized spacial score (nSPS) is 18.6. The van der Waals surface area contributed by atoms with Crippen molar-refractivity contribution in [3.05, 3.63) is 144 Å². The molecule has 3 heterocycles. The average molecular weight is 640 g/mol. The van der Waals surface area contributed by atoms with Crippen LogP contribution in [0.1, 0.15) is 48.1 Å². The molecule has 0 radical (unpaired) electrons. The molecule has 7 rings (SSSR count). The summed E-state index contributed by atoms with van der Waals surface area (Å²) in [6.45, 7) is 2.29. The fraction of sp³-hybridized carbons (Fsp3) is 0.231. The Morgan fingerprint density at radius 2 is 1.58 bits per heavy atom. The molecule has 9 heteroatoms. The lowest BCUT2D eigenvalue weighted by Gasteiger charge is -2.31.